The highest BCUT2D eigenvalue weighted by Crippen LogP contribution is 2.18. The summed E-state index contributed by atoms with van der Waals surface area (Å²) in [4.78, 5) is 12.5. The maximum Gasteiger partial charge on any atom is 0.220 e. The van der Waals surface area contributed by atoms with E-state index in [0.717, 1.165) is 32.1 Å². The molecule has 370 valence electrons. The molecular formula is C57H113NO4. The Hall–Kier alpha value is -0.910. The highest BCUT2D eigenvalue weighted by Gasteiger charge is 2.26. The lowest BCUT2D eigenvalue weighted by molar-refractivity contribution is -0.124. The Labute approximate surface area is 389 Å². The summed E-state index contributed by atoms with van der Waals surface area (Å²) in [5.41, 5.74) is 0. The quantitative estimate of drug-likeness (QED) is 0.0362. The lowest BCUT2D eigenvalue weighted by atomic mass is 9.99. The Morgan fingerprint density at radius 3 is 0.935 bits per heavy atom. The van der Waals surface area contributed by atoms with Gasteiger partial charge in [-0.3, -0.25) is 4.79 Å². The van der Waals surface area contributed by atoms with Gasteiger partial charge in [-0.1, -0.05) is 289 Å². The Balaban J connectivity index is 3.49. The van der Waals surface area contributed by atoms with Crippen molar-refractivity contribution in [2.24, 2.45) is 0 Å². The minimum atomic E-state index is -1.13. The number of amides is 1. The van der Waals surface area contributed by atoms with Crippen LogP contribution in [0.1, 0.15) is 322 Å². The number of hydrogen-bond acceptors (Lipinski definition) is 4. The summed E-state index contributed by atoms with van der Waals surface area (Å²) in [6.07, 6.45) is 65.1. The van der Waals surface area contributed by atoms with Crippen LogP contribution in [0.15, 0.2) is 12.2 Å². The van der Waals surface area contributed by atoms with Gasteiger partial charge in [0.25, 0.3) is 0 Å². The molecule has 0 radical (unpaired) electrons. The molecule has 0 fully saturated rings. The van der Waals surface area contributed by atoms with Crippen LogP contribution in [0, 0.1) is 0 Å². The molecule has 0 saturated carbocycles. The van der Waals surface area contributed by atoms with E-state index < -0.39 is 18.2 Å². The Morgan fingerprint density at radius 1 is 0.387 bits per heavy atom. The number of allylic oxidation sites excluding steroid dienone is 2. The van der Waals surface area contributed by atoms with E-state index in [1.807, 2.05) is 0 Å². The second kappa shape index (κ2) is 52.7. The molecule has 0 bridgehead atoms. The SMILES string of the molecule is CCCCCCCCCCCCCC/C=C\CCCCCCCCCCCCCCCCC(=O)NC(CO)C(O)C(O)CCCCCCCCCCCCCCCCCCCC. The van der Waals surface area contributed by atoms with Crippen molar-refractivity contribution >= 4 is 5.91 Å². The van der Waals surface area contributed by atoms with Gasteiger partial charge in [-0.15, -0.1) is 0 Å². The zero-order chi connectivity index (χ0) is 45.1. The van der Waals surface area contributed by atoms with Gasteiger partial charge in [0.15, 0.2) is 0 Å². The smallest absolute Gasteiger partial charge is 0.220 e. The monoisotopic (exact) mass is 876 g/mol. The van der Waals surface area contributed by atoms with Gasteiger partial charge in [0.1, 0.15) is 6.10 Å². The first-order chi connectivity index (χ1) is 30.6. The number of aliphatic hydroxyl groups is 3. The molecule has 1 amide bonds. The predicted octanol–water partition coefficient (Wildman–Crippen LogP) is 17.5. The maximum absolute atomic E-state index is 12.5. The minimum absolute atomic E-state index is 0.138. The fraction of sp³-hybridized carbons (Fsp3) is 0.947. The summed E-state index contributed by atoms with van der Waals surface area (Å²) < 4.78 is 0. The van der Waals surface area contributed by atoms with Crippen LogP contribution in [0.2, 0.25) is 0 Å². The molecule has 4 N–H and O–H groups in total. The molecule has 0 aliphatic heterocycles. The Kier molecular flexibility index (Phi) is 51.9. The average Bonchev–Trinajstić information content (AvgIpc) is 3.28. The van der Waals surface area contributed by atoms with E-state index in [9.17, 15) is 20.1 Å². The van der Waals surface area contributed by atoms with E-state index in [1.165, 1.54) is 263 Å². The van der Waals surface area contributed by atoms with E-state index in [-0.39, 0.29) is 12.5 Å². The summed E-state index contributed by atoms with van der Waals surface area (Å²) in [6, 6.07) is -0.806. The highest BCUT2D eigenvalue weighted by atomic mass is 16.3. The van der Waals surface area contributed by atoms with E-state index in [4.69, 9.17) is 0 Å². The fourth-order valence-corrected chi connectivity index (χ4v) is 9.22. The van der Waals surface area contributed by atoms with Crippen LogP contribution in [0.3, 0.4) is 0 Å². The fourth-order valence-electron chi connectivity index (χ4n) is 9.22. The molecule has 0 rings (SSSR count). The van der Waals surface area contributed by atoms with Crippen molar-refractivity contribution in [3.05, 3.63) is 12.2 Å². The minimum Gasteiger partial charge on any atom is -0.394 e. The molecule has 3 unspecified atom stereocenters. The summed E-state index contributed by atoms with van der Waals surface area (Å²) in [5.74, 6) is -0.138. The van der Waals surface area contributed by atoms with Gasteiger partial charge in [0.2, 0.25) is 5.91 Å². The number of unbranched alkanes of at least 4 members (excludes halogenated alkanes) is 43. The molecule has 0 aromatic rings. The van der Waals surface area contributed by atoms with E-state index in [2.05, 4.69) is 31.3 Å². The molecular weight excluding hydrogens is 763 g/mol. The van der Waals surface area contributed by atoms with E-state index in [1.54, 1.807) is 0 Å². The van der Waals surface area contributed by atoms with E-state index >= 15 is 0 Å². The van der Waals surface area contributed by atoms with Gasteiger partial charge < -0.3 is 20.6 Å². The predicted molar refractivity (Wildman–Crippen MR) is 273 cm³/mol. The van der Waals surface area contributed by atoms with Crippen LogP contribution in [0.4, 0.5) is 0 Å². The summed E-state index contributed by atoms with van der Waals surface area (Å²) in [5, 5.41) is 33.8. The van der Waals surface area contributed by atoms with Gasteiger partial charge in [-0.05, 0) is 38.5 Å². The third-order valence-electron chi connectivity index (χ3n) is 13.6. The molecule has 0 aliphatic rings. The number of rotatable bonds is 53. The van der Waals surface area contributed by atoms with Crippen LogP contribution < -0.4 is 5.32 Å². The number of aliphatic hydroxyl groups excluding tert-OH is 3. The first-order valence-corrected chi connectivity index (χ1v) is 28.5. The first kappa shape index (κ1) is 61.1. The largest absolute Gasteiger partial charge is 0.394 e. The maximum atomic E-state index is 12.5. The van der Waals surface area contributed by atoms with Gasteiger partial charge >= 0.3 is 0 Å². The molecule has 62 heavy (non-hydrogen) atoms. The molecule has 0 aromatic carbocycles. The van der Waals surface area contributed by atoms with Crippen LogP contribution in [0.25, 0.3) is 0 Å². The van der Waals surface area contributed by atoms with Gasteiger partial charge in [0, 0.05) is 6.42 Å². The van der Waals surface area contributed by atoms with Crippen molar-refractivity contribution in [3.63, 3.8) is 0 Å². The standard InChI is InChI=1S/C57H113NO4/c1-3-5-7-9-11-13-15-17-19-21-23-24-25-26-27-28-29-30-31-32-33-34-36-38-40-42-44-46-48-50-52-56(61)58-54(53-59)57(62)55(60)51-49-47-45-43-41-39-37-35-22-20-18-16-14-12-10-8-6-4-2/h26-27,54-55,57,59-60,62H,3-25,28-53H2,1-2H3,(H,58,61)/b27-26-. The van der Waals surface area contributed by atoms with Crippen LogP contribution in [-0.2, 0) is 4.79 Å². The van der Waals surface area contributed by atoms with Crippen LogP contribution in [-0.4, -0.2) is 46.1 Å². The Bertz CT molecular complexity index is 879. The summed E-state index contributed by atoms with van der Waals surface area (Å²) in [7, 11) is 0. The molecule has 3 atom stereocenters. The van der Waals surface area contributed by atoms with Crippen molar-refractivity contribution in [2.45, 2.75) is 340 Å². The van der Waals surface area contributed by atoms with Gasteiger partial charge in [-0.2, -0.15) is 0 Å². The van der Waals surface area contributed by atoms with Crippen molar-refractivity contribution in [1.82, 2.24) is 5.32 Å². The second-order valence-corrected chi connectivity index (χ2v) is 19.9. The highest BCUT2D eigenvalue weighted by molar-refractivity contribution is 5.76. The molecule has 5 nitrogen and oxygen atoms in total. The van der Waals surface area contributed by atoms with Gasteiger partial charge in [0.05, 0.1) is 18.8 Å². The summed E-state index contributed by atoms with van der Waals surface area (Å²) >= 11 is 0. The van der Waals surface area contributed by atoms with E-state index in [0.29, 0.717) is 12.8 Å². The first-order valence-electron chi connectivity index (χ1n) is 28.5. The van der Waals surface area contributed by atoms with Gasteiger partial charge in [-0.25, -0.2) is 0 Å². The third-order valence-corrected chi connectivity index (χ3v) is 13.6. The zero-order valence-electron chi connectivity index (χ0n) is 42.3. The Morgan fingerprint density at radius 2 is 0.645 bits per heavy atom. The van der Waals surface area contributed by atoms with Crippen molar-refractivity contribution in [1.29, 1.82) is 0 Å². The van der Waals surface area contributed by atoms with Crippen LogP contribution >= 0.6 is 0 Å². The number of nitrogens with one attached hydrogen (secondary N) is 1. The normalized spacial score (nSPS) is 13.3. The lowest BCUT2D eigenvalue weighted by Gasteiger charge is -2.26. The molecule has 0 heterocycles. The van der Waals surface area contributed by atoms with Crippen molar-refractivity contribution < 1.29 is 20.1 Å². The van der Waals surface area contributed by atoms with Crippen LogP contribution in [0.5, 0.6) is 0 Å². The summed E-state index contributed by atoms with van der Waals surface area (Å²) in [6.45, 7) is 4.22. The number of carbonyl (C=O) groups is 1. The number of hydrogen-bond donors (Lipinski definition) is 4. The lowest BCUT2D eigenvalue weighted by Crippen LogP contribution is -2.50. The zero-order valence-corrected chi connectivity index (χ0v) is 42.3. The molecule has 5 heteroatoms. The molecule has 0 saturated heterocycles. The molecule has 0 aliphatic carbocycles. The molecule has 0 aromatic heterocycles. The third kappa shape index (κ3) is 47.1. The second-order valence-electron chi connectivity index (χ2n) is 19.9. The average molecular weight is 877 g/mol. The number of carbonyl (C=O) groups excluding carboxylic acids is 1. The van der Waals surface area contributed by atoms with Crippen molar-refractivity contribution in [2.75, 3.05) is 6.61 Å². The van der Waals surface area contributed by atoms with Crippen molar-refractivity contribution in [3.8, 4) is 0 Å². The molecule has 0 spiro atoms. The topological polar surface area (TPSA) is 89.8 Å².